The highest BCUT2D eigenvalue weighted by Crippen LogP contribution is 2.12. The molecule has 92 valence electrons. The Bertz CT molecular complexity index is 559. The molecule has 0 spiro atoms. The molecule has 0 atom stereocenters. The van der Waals surface area contributed by atoms with E-state index in [9.17, 15) is 4.79 Å². The Balaban J connectivity index is 2.11. The van der Waals surface area contributed by atoms with Crippen LogP contribution >= 0.6 is 11.6 Å². The largest absolute Gasteiger partial charge is 0.481 e. The van der Waals surface area contributed by atoms with Crippen LogP contribution in [0.5, 0.6) is 5.88 Å². The highest BCUT2D eigenvalue weighted by Gasteiger charge is 2.09. The predicted octanol–water partition coefficient (Wildman–Crippen LogP) is 1.79. The van der Waals surface area contributed by atoms with E-state index < -0.39 is 5.91 Å². The number of ether oxygens (including phenoxy) is 1. The molecule has 0 aromatic carbocycles. The van der Waals surface area contributed by atoms with Crippen molar-refractivity contribution >= 4 is 23.2 Å². The van der Waals surface area contributed by atoms with Gasteiger partial charge >= 0.3 is 0 Å². The summed E-state index contributed by atoms with van der Waals surface area (Å²) in [6.45, 7) is 0. The number of halogens is 1. The Morgan fingerprint density at radius 3 is 2.78 bits per heavy atom. The van der Waals surface area contributed by atoms with Gasteiger partial charge in [-0.2, -0.15) is 0 Å². The zero-order valence-electron chi connectivity index (χ0n) is 9.42. The quantitative estimate of drug-likeness (QED) is 0.914. The molecule has 0 saturated carbocycles. The third kappa shape index (κ3) is 2.92. The normalized spacial score (nSPS) is 9.89. The third-order valence-corrected chi connectivity index (χ3v) is 2.22. The molecule has 1 amide bonds. The summed E-state index contributed by atoms with van der Waals surface area (Å²) in [4.78, 5) is 23.4. The van der Waals surface area contributed by atoms with Crippen LogP contribution in [-0.2, 0) is 0 Å². The van der Waals surface area contributed by atoms with Gasteiger partial charge in [-0.25, -0.2) is 9.97 Å². The average Bonchev–Trinajstić information content (AvgIpc) is 2.39. The van der Waals surface area contributed by atoms with Crippen LogP contribution in [0.25, 0.3) is 0 Å². The van der Waals surface area contributed by atoms with E-state index in [1.54, 1.807) is 12.1 Å². The average molecular weight is 265 g/mol. The summed E-state index contributed by atoms with van der Waals surface area (Å²) in [5, 5.41) is 2.78. The molecule has 2 heterocycles. The molecule has 0 aliphatic carbocycles. The first-order valence-corrected chi connectivity index (χ1v) is 5.36. The highest BCUT2D eigenvalue weighted by molar-refractivity contribution is 6.29. The van der Waals surface area contributed by atoms with Gasteiger partial charge < -0.3 is 10.1 Å². The van der Waals surface area contributed by atoms with Gasteiger partial charge in [-0.1, -0.05) is 11.6 Å². The van der Waals surface area contributed by atoms with E-state index in [1.165, 1.54) is 25.7 Å². The molecule has 0 radical (unpaired) electrons. The Morgan fingerprint density at radius 1 is 1.33 bits per heavy atom. The van der Waals surface area contributed by atoms with Crippen LogP contribution in [0.15, 0.2) is 30.7 Å². The second kappa shape index (κ2) is 5.42. The molecule has 2 aromatic rings. The summed E-state index contributed by atoms with van der Waals surface area (Å²) in [6, 6.07) is 3.31. The Kier molecular flexibility index (Phi) is 3.69. The summed E-state index contributed by atoms with van der Waals surface area (Å²) in [7, 11) is 1.52. The van der Waals surface area contributed by atoms with E-state index >= 15 is 0 Å². The van der Waals surface area contributed by atoms with E-state index in [1.807, 2.05) is 0 Å². The van der Waals surface area contributed by atoms with Crippen molar-refractivity contribution in [2.45, 2.75) is 0 Å². The first kappa shape index (κ1) is 12.3. The zero-order valence-corrected chi connectivity index (χ0v) is 10.2. The number of carbonyl (C=O) groups excluding carboxylic acids is 1. The van der Waals surface area contributed by atoms with Gasteiger partial charge in [0.15, 0.2) is 0 Å². The molecule has 2 rings (SSSR count). The maximum atomic E-state index is 11.8. The fourth-order valence-corrected chi connectivity index (χ4v) is 1.37. The number of carbonyl (C=O) groups is 1. The molecule has 1 N–H and O–H groups in total. The first-order chi connectivity index (χ1) is 8.69. The number of amides is 1. The van der Waals surface area contributed by atoms with Gasteiger partial charge in [-0.15, -0.1) is 0 Å². The van der Waals surface area contributed by atoms with Gasteiger partial charge in [0, 0.05) is 6.07 Å². The molecule has 6 nitrogen and oxygen atoms in total. The van der Waals surface area contributed by atoms with Crippen molar-refractivity contribution in [1.29, 1.82) is 0 Å². The minimum Gasteiger partial charge on any atom is -0.481 e. The molecule has 0 bridgehead atoms. The number of aromatic nitrogens is 3. The second-order valence-electron chi connectivity index (χ2n) is 3.27. The number of hydrogen-bond donors (Lipinski definition) is 1. The summed E-state index contributed by atoms with van der Waals surface area (Å²) >= 11 is 5.65. The summed E-state index contributed by atoms with van der Waals surface area (Å²) in [5.41, 5.74) is 0.667. The molecular formula is C11H9ClN4O2. The van der Waals surface area contributed by atoms with Crippen LogP contribution in [0.2, 0.25) is 5.15 Å². The molecule has 0 saturated heterocycles. The Hall–Kier alpha value is -2.21. The number of nitrogens with zero attached hydrogens (tertiary/aromatic N) is 3. The highest BCUT2D eigenvalue weighted by atomic mass is 35.5. The van der Waals surface area contributed by atoms with Crippen LogP contribution < -0.4 is 10.1 Å². The Morgan fingerprint density at radius 2 is 2.17 bits per heavy atom. The lowest BCUT2D eigenvalue weighted by Gasteiger charge is -2.04. The molecule has 18 heavy (non-hydrogen) atoms. The number of hydrogen-bond acceptors (Lipinski definition) is 5. The van der Waals surface area contributed by atoms with Crippen molar-refractivity contribution in [2.75, 3.05) is 12.4 Å². The molecule has 0 fully saturated rings. The number of pyridine rings is 1. The van der Waals surface area contributed by atoms with Gasteiger partial charge in [-0.3, -0.25) is 9.78 Å². The number of nitrogens with one attached hydrogen (secondary N) is 1. The molecule has 0 aliphatic heterocycles. The monoisotopic (exact) mass is 264 g/mol. The van der Waals surface area contributed by atoms with Crippen molar-refractivity contribution in [1.82, 2.24) is 15.0 Å². The maximum Gasteiger partial charge on any atom is 0.275 e. The van der Waals surface area contributed by atoms with Gasteiger partial charge in [0.25, 0.3) is 5.91 Å². The van der Waals surface area contributed by atoms with Crippen LogP contribution in [0.1, 0.15) is 10.5 Å². The lowest BCUT2D eigenvalue weighted by Crippen LogP contribution is -2.14. The minimum absolute atomic E-state index is 0.137. The van der Waals surface area contributed by atoms with E-state index in [2.05, 4.69) is 20.3 Å². The molecular weight excluding hydrogens is 256 g/mol. The van der Waals surface area contributed by atoms with Gasteiger partial charge in [0.2, 0.25) is 5.88 Å². The van der Waals surface area contributed by atoms with E-state index in [0.717, 1.165) is 0 Å². The molecule has 7 heteroatoms. The van der Waals surface area contributed by atoms with Crippen LogP contribution in [0.4, 0.5) is 5.69 Å². The first-order valence-electron chi connectivity index (χ1n) is 4.98. The molecule has 2 aromatic heterocycles. The van der Waals surface area contributed by atoms with E-state index in [0.29, 0.717) is 11.6 Å². The number of methoxy groups -OCH3 is 1. The topological polar surface area (TPSA) is 77.0 Å². The number of anilines is 1. The van der Waals surface area contributed by atoms with Crippen molar-refractivity contribution in [3.05, 3.63) is 41.6 Å². The lowest BCUT2D eigenvalue weighted by atomic mass is 10.3. The summed E-state index contributed by atoms with van der Waals surface area (Å²) < 4.78 is 4.91. The van der Waals surface area contributed by atoms with E-state index in [-0.39, 0.29) is 10.8 Å². The maximum absolute atomic E-state index is 11.8. The van der Waals surface area contributed by atoms with Gasteiger partial charge in [-0.05, 0) is 6.07 Å². The van der Waals surface area contributed by atoms with Crippen molar-refractivity contribution in [3.63, 3.8) is 0 Å². The van der Waals surface area contributed by atoms with Crippen molar-refractivity contribution in [2.24, 2.45) is 0 Å². The number of rotatable bonds is 3. The van der Waals surface area contributed by atoms with E-state index in [4.69, 9.17) is 16.3 Å². The second-order valence-corrected chi connectivity index (χ2v) is 3.66. The predicted molar refractivity (Wildman–Crippen MR) is 65.8 cm³/mol. The fourth-order valence-electron chi connectivity index (χ4n) is 1.22. The SMILES string of the molecule is COc1ccc(NC(=O)c2cncc(Cl)n2)cn1. The molecule has 0 unspecified atom stereocenters. The zero-order chi connectivity index (χ0) is 13.0. The fraction of sp³-hybridized carbons (Fsp3) is 0.0909. The van der Waals surface area contributed by atoms with Gasteiger partial charge in [0.05, 0.1) is 31.4 Å². The Labute approximate surface area is 108 Å². The summed E-state index contributed by atoms with van der Waals surface area (Å²) in [6.07, 6.45) is 4.17. The standard InChI is InChI=1S/C11H9ClN4O2/c1-18-10-3-2-7(4-14-10)15-11(17)8-5-13-6-9(12)16-8/h2-6H,1H3,(H,15,17). The van der Waals surface area contributed by atoms with Crippen LogP contribution in [-0.4, -0.2) is 28.0 Å². The van der Waals surface area contributed by atoms with Crippen LogP contribution in [0.3, 0.4) is 0 Å². The van der Waals surface area contributed by atoms with Crippen molar-refractivity contribution in [3.8, 4) is 5.88 Å². The lowest BCUT2D eigenvalue weighted by molar-refractivity contribution is 0.102. The van der Waals surface area contributed by atoms with Gasteiger partial charge in [0.1, 0.15) is 10.8 Å². The molecule has 0 aliphatic rings. The van der Waals surface area contributed by atoms with Crippen LogP contribution in [0, 0.1) is 0 Å². The van der Waals surface area contributed by atoms with Crippen molar-refractivity contribution < 1.29 is 9.53 Å². The smallest absolute Gasteiger partial charge is 0.275 e. The third-order valence-electron chi connectivity index (χ3n) is 2.04. The summed E-state index contributed by atoms with van der Waals surface area (Å²) in [5.74, 6) is 0.0625. The minimum atomic E-state index is -0.406.